The zero-order chi connectivity index (χ0) is 12.3. The summed E-state index contributed by atoms with van der Waals surface area (Å²) in [5, 5.41) is 3.42. The number of nitrogens with zero attached hydrogens (tertiary/aromatic N) is 1. The summed E-state index contributed by atoms with van der Waals surface area (Å²) >= 11 is 0. The average molecular weight is 240 g/mol. The molecule has 0 aromatic heterocycles. The molecule has 2 atom stereocenters. The maximum Gasteiger partial charge on any atom is 0.252 e. The summed E-state index contributed by atoms with van der Waals surface area (Å²) in [6.07, 6.45) is 2.79. The first-order chi connectivity index (χ1) is 8.20. The molecule has 2 aliphatic rings. The van der Waals surface area contributed by atoms with Crippen molar-refractivity contribution >= 4 is 5.91 Å². The maximum absolute atomic E-state index is 12.4. The Morgan fingerprint density at radius 1 is 1.41 bits per heavy atom. The number of nitrogens with one attached hydrogen (secondary N) is 1. The largest absolute Gasteiger partial charge is 0.368 e. The average Bonchev–Trinajstić information content (AvgIpc) is 2.71. The molecule has 0 aromatic rings. The Hall–Kier alpha value is -0.610. The normalized spacial score (nSPS) is 30.6. The van der Waals surface area contributed by atoms with Gasteiger partial charge in [-0.15, -0.1) is 0 Å². The molecular formula is C13H24N2O2. The molecule has 1 N–H and O–H groups in total. The first-order valence-electron chi connectivity index (χ1n) is 6.83. The van der Waals surface area contributed by atoms with Crippen LogP contribution in [0.3, 0.4) is 0 Å². The summed E-state index contributed by atoms with van der Waals surface area (Å²) in [4.78, 5) is 14.5. The lowest BCUT2D eigenvalue weighted by molar-refractivity contribution is -0.144. The molecule has 2 saturated heterocycles. The minimum atomic E-state index is -0.172. The van der Waals surface area contributed by atoms with E-state index < -0.39 is 0 Å². The minimum Gasteiger partial charge on any atom is -0.368 e. The van der Waals surface area contributed by atoms with E-state index in [0.717, 1.165) is 45.5 Å². The summed E-state index contributed by atoms with van der Waals surface area (Å²) in [6.45, 7) is 7.92. The van der Waals surface area contributed by atoms with E-state index in [9.17, 15) is 4.79 Å². The second-order valence-electron chi connectivity index (χ2n) is 5.40. The molecule has 2 unspecified atom stereocenters. The van der Waals surface area contributed by atoms with Gasteiger partial charge in [-0.05, 0) is 31.7 Å². The lowest BCUT2D eigenvalue weighted by Gasteiger charge is -2.34. The van der Waals surface area contributed by atoms with E-state index in [-0.39, 0.29) is 12.0 Å². The number of carbonyl (C=O) groups excluding carboxylic acids is 1. The summed E-state index contributed by atoms with van der Waals surface area (Å²) < 4.78 is 5.53. The van der Waals surface area contributed by atoms with Crippen LogP contribution < -0.4 is 5.32 Å². The summed E-state index contributed by atoms with van der Waals surface area (Å²) in [5.74, 6) is 0.704. The van der Waals surface area contributed by atoms with Crippen molar-refractivity contribution < 1.29 is 9.53 Å². The van der Waals surface area contributed by atoms with Gasteiger partial charge in [0, 0.05) is 25.7 Å². The van der Waals surface area contributed by atoms with Gasteiger partial charge in [0.05, 0.1) is 0 Å². The van der Waals surface area contributed by atoms with Gasteiger partial charge in [-0.1, -0.05) is 13.8 Å². The third-order valence-corrected chi connectivity index (χ3v) is 3.76. The maximum atomic E-state index is 12.4. The topological polar surface area (TPSA) is 41.6 Å². The Balaban J connectivity index is 2.05. The predicted octanol–water partition coefficient (Wildman–Crippen LogP) is 1.01. The molecule has 0 saturated carbocycles. The molecule has 0 aromatic carbocycles. The van der Waals surface area contributed by atoms with E-state index >= 15 is 0 Å². The highest BCUT2D eigenvalue weighted by molar-refractivity contribution is 5.81. The van der Waals surface area contributed by atoms with E-state index in [1.54, 1.807) is 0 Å². The van der Waals surface area contributed by atoms with Crippen LogP contribution in [0.15, 0.2) is 0 Å². The Kier molecular flexibility index (Phi) is 4.40. The first kappa shape index (κ1) is 12.8. The monoisotopic (exact) mass is 240 g/mol. The van der Waals surface area contributed by atoms with Crippen LogP contribution in [0.4, 0.5) is 0 Å². The molecule has 1 amide bonds. The fraction of sp³-hybridized carbons (Fsp3) is 0.923. The summed E-state index contributed by atoms with van der Waals surface area (Å²) in [6, 6.07) is 0.314. The second-order valence-corrected chi connectivity index (χ2v) is 5.40. The smallest absolute Gasteiger partial charge is 0.252 e. The number of ether oxygens (including phenoxy) is 1. The van der Waals surface area contributed by atoms with Crippen molar-refractivity contribution in [3.63, 3.8) is 0 Å². The third-order valence-electron chi connectivity index (χ3n) is 3.76. The van der Waals surface area contributed by atoms with Crippen molar-refractivity contribution in [3.8, 4) is 0 Å². The molecule has 4 nitrogen and oxygen atoms in total. The highest BCUT2D eigenvalue weighted by Gasteiger charge is 2.33. The molecule has 17 heavy (non-hydrogen) atoms. The molecule has 0 radical (unpaired) electrons. The van der Waals surface area contributed by atoms with Crippen LogP contribution in [0.5, 0.6) is 0 Å². The molecule has 98 valence electrons. The van der Waals surface area contributed by atoms with Crippen LogP contribution in [0.1, 0.15) is 33.1 Å². The van der Waals surface area contributed by atoms with E-state index in [1.165, 1.54) is 0 Å². The van der Waals surface area contributed by atoms with Crippen molar-refractivity contribution in [2.75, 3.05) is 26.2 Å². The van der Waals surface area contributed by atoms with Crippen LogP contribution in [0.25, 0.3) is 0 Å². The number of amides is 1. The summed E-state index contributed by atoms with van der Waals surface area (Å²) in [7, 11) is 0. The van der Waals surface area contributed by atoms with E-state index in [2.05, 4.69) is 24.1 Å². The fourth-order valence-corrected chi connectivity index (χ4v) is 2.73. The molecular weight excluding hydrogens is 216 g/mol. The Labute approximate surface area is 104 Å². The van der Waals surface area contributed by atoms with E-state index in [4.69, 9.17) is 4.74 Å². The van der Waals surface area contributed by atoms with Crippen molar-refractivity contribution in [1.29, 1.82) is 0 Å². The molecule has 2 heterocycles. The van der Waals surface area contributed by atoms with Crippen LogP contribution >= 0.6 is 0 Å². The fourth-order valence-electron chi connectivity index (χ4n) is 2.73. The number of hydrogen-bond acceptors (Lipinski definition) is 3. The summed E-state index contributed by atoms with van der Waals surface area (Å²) in [5.41, 5.74) is 0. The second kappa shape index (κ2) is 5.83. The van der Waals surface area contributed by atoms with Crippen LogP contribution in [0.2, 0.25) is 0 Å². The first-order valence-corrected chi connectivity index (χ1v) is 6.83. The zero-order valence-electron chi connectivity index (χ0n) is 10.9. The van der Waals surface area contributed by atoms with Gasteiger partial charge in [-0.2, -0.15) is 0 Å². The molecule has 4 heteroatoms. The zero-order valence-corrected chi connectivity index (χ0v) is 10.9. The van der Waals surface area contributed by atoms with E-state index in [0.29, 0.717) is 12.0 Å². The van der Waals surface area contributed by atoms with Gasteiger partial charge in [-0.25, -0.2) is 0 Å². The van der Waals surface area contributed by atoms with Crippen molar-refractivity contribution in [1.82, 2.24) is 10.2 Å². The van der Waals surface area contributed by atoms with Crippen molar-refractivity contribution in [2.24, 2.45) is 5.92 Å². The Bertz CT molecular complexity index is 262. The minimum absolute atomic E-state index is 0.172. The third kappa shape index (κ3) is 2.99. The molecule has 0 spiro atoms. The number of rotatable bonds is 2. The number of hydrogen-bond donors (Lipinski definition) is 1. The Morgan fingerprint density at radius 2 is 2.24 bits per heavy atom. The lowest BCUT2D eigenvalue weighted by atomic mass is 10.0. The van der Waals surface area contributed by atoms with Crippen molar-refractivity contribution in [2.45, 2.75) is 45.3 Å². The van der Waals surface area contributed by atoms with Gasteiger partial charge in [0.2, 0.25) is 0 Å². The predicted molar refractivity (Wildman–Crippen MR) is 66.8 cm³/mol. The molecule has 2 fully saturated rings. The van der Waals surface area contributed by atoms with Gasteiger partial charge in [0.1, 0.15) is 6.10 Å². The molecule has 0 aliphatic carbocycles. The Morgan fingerprint density at radius 3 is 2.88 bits per heavy atom. The van der Waals surface area contributed by atoms with Crippen LogP contribution in [-0.4, -0.2) is 49.2 Å². The molecule has 2 rings (SSSR count). The van der Waals surface area contributed by atoms with Crippen molar-refractivity contribution in [3.05, 3.63) is 0 Å². The van der Waals surface area contributed by atoms with Crippen LogP contribution in [-0.2, 0) is 9.53 Å². The highest BCUT2D eigenvalue weighted by atomic mass is 16.5. The van der Waals surface area contributed by atoms with Gasteiger partial charge in [-0.3, -0.25) is 4.79 Å². The quantitative estimate of drug-likeness (QED) is 0.783. The molecule has 2 aliphatic heterocycles. The highest BCUT2D eigenvalue weighted by Crippen LogP contribution is 2.20. The van der Waals surface area contributed by atoms with E-state index in [1.807, 2.05) is 0 Å². The lowest BCUT2D eigenvalue weighted by Crippen LogP contribution is -2.50. The SMILES string of the molecule is CC(C)C1CNCCCN1C(=O)C1CCCO1. The molecule has 0 bridgehead atoms. The standard InChI is InChI=1S/C13H24N2O2/c1-10(2)11-9-14-6-4-7-15(11)13(16)12-5-3-8-17-12/h10-12,14H,3-9H2,1-2H3. The van der Waals surface area contributed by atoms with Crippen LogP contribution in [0, 0.1) is 5.92 Å². The van der Waals surface area contributed by atoms with Gasteiger partial charge in [0.25, 0.3) is 5.91 Å². The van der Waals surface area contributed by atoms with Gasteiger partial charge >= 0.3 is 0 Å². The van der Waals surface area contributed by atoms with Gasteiger partial charge < -0.3 is 15.0 Å². The van der Waals surface area contributed by atoms with Gasteiger partial charge in [0.15, 0.2) is 0 Å². The number of carbonyl (C=O) groups is 1.